The normalized spacial score (nSPS) is 22.9. The van der Waals surface area contributed by atoms with Gasteiger partial charge < -0.3 is 11.1 Å². The van der Waals surface area contributed by atoms with Gasteiger partial charge in [0.2, 0.25) is 0 Å². The summed E-state index contributed by atoms with van der Waals surface area (Å²) in [5.74, 6) is 0. The summed E-state index contributed by atoms with van der Waals surface area (Å²) in [5.41, 5.74) is 8.04. The van der Waals surface area contributed by atoms with Crippen LogP contribution in [0.5, 0.6) is 0 Å². The van der Waals surface area contributed by atoms with Gasteiger partial charge in [0.15, 0.2) is 0 Å². The molecule has 1 atom stereocenters. The second-order valence-electron chi connectivity index (χ2n) is 5.84. The Kier molecular flexibility index (Phi) is 3.64. The minimum Gasteiger partial charge on any atom is -0.398 e. The summed E-state index contributed by atoms with van der Waals surface area (Å²) in [6.07, 6.45) is 3.85. The van der Waals surface area contributed by atoms with Crippen molar-refractivity contribution in [3.8, 4) is 0 Å². The van der Waals surface area contributed by atoms with E-state index in [0.717, 1.165) is 6.54 Å². The number of halogens is 1. The Morgan fingerprint density at radius 2 is 2.24 bits per heavy atom. The maximum atomic E-state index is 6.00. The molecule has 2 nitrogen and oxygen atoms in total. The van der Waals surface area contributed by atoms with Gasteiger partial charge in [-0.2, -0.15) is 0 Å². The summed E-state index contributed by atoms with van der Waals surface area (Å²) >= 11 is 6.00. The lowest BCUT2D eigenvalue weighted by Crippen LogP contribution is -2.26. The van der Waals surface area contributed by atoms with Crippen molar-refractivity contribution in [3.63, 3.8) is 0 Å². The van der Waals surface area contributed by atoms with Crippen molar-refractivity contribution in [2.24, 2.45) is 5.41 Å². The first-order chi connectivity index (χ1) is 7.96. The number of hydrogen-bond donors (Lipinski definition) is 2. The van der Waals surface area contributed by atoms with Crippen molar-refractivity contribution >= 4 is 17.3 Å². The number of benzene rings is 1. The van der Waals surface area contributed by atoms with Crippen molar-refractivity contribution in [3.05, 3.63) is 28.8 Å². The van der Waals surface area contributed by atoms with Crippen LogP contribution < -0.4 is 11.1 Å². The second-order valence-corrected chi connectivity index (χ2v) is 6.25. The Hall–Kier alpha value is -0.730. The van der Waals surface area contributed by atoms with Crippen LogP contribution in [0.2, 0.25) is 5.02 Å². The lowest BCUT2D eigenvalue weighted by atomic mass is 9.92. The van der Waals surface area contributed by atoms with Crippen molar-refractivity contribution in [1.29, 1.82) is 0 Å². The van der Waals surface area contributed by atoms with Crippen molar-refractivity contribution in [2.75, 3.05) is 5.73 Å². The van der Waals surface area contributed by atoms with Crippen LogP contribution in [0, 0.1) is 5.41 Å². The smallest absolute Gasteiger partial charge is 0.0638 e. The average molecular weight is 253 g/mol. The van der Waals surface area contributed by atoms with Gasteiger partial charge in [-0.1, -0.05) is 31.5 Å². The number of nitrogen functional groups attached to an aromatic ring is 1. The van der Waals surface area contributed by atoms with E-state index in [-0.39, 0.29) is 0 Å². The molecule has 1 aliphatic rings. The van der Waals surface area contributed by atoms with Crippen molar-refractivity contribution in [2.45, 2.75) is 45.7 Å². The van der Waals surface area contributed by atoms with Gasteiger partial charge in [-0.15, -0.1) is 0 Å². The third-order valence-corrected chi connectivity index (χ3v) is 3.96. The number of anilines is 1. The molecule has 17 heavy (non-hydrogen) atoms. The van der Waals surface area contributed by atoms with Crippen molar-refractivity contribution in [1.82, 2.24) is 5.32 Å². The van der Waals surface area contributed by atoms with Gasteiger partial charge in [0.05, 0.1) is 10.7 Å². The highest BCUT2D eigenvalue weighted by Gasteiger charge is 2.30. The molecule has 1 saturated carbocycles. The topological polar surface area (TPSA) is 38.0 Å². The van der Waals surface area contributed by atoms with E-state index in [1.807, 2.05) is 18.2 Å². The average Bonchev–Trinajstić information content (AvgIpc) is 2.60. The molecule has 1 aromatic rings. The fourth-order valence-corrected chi connectivity index (χ4v) is 2.76. The first kappa shape index (κ1) is 12.7. The highest BCUT2D eigenvalue weighted by molar-refractivity contribution is 6.33. The summed E-state index contributed by atoms with van der Waals surface area (Å²) in [7, 11) is 0. The van der Waals surface area contributed by atoms with Crippen molar-refractivity contribution < 1.29 is 0 Å². The maximum absolute atomic E-state index is 6.00. The van der Waals surface area contributed by atoms with Crippen LogP contribution in [0.15, 0.2) is 18.2 Å². The summed E-state index contributed by atoms with van der Waals surface area (Å²) in [4.78, 5) is 0. The summed E-state index contributed by atoms with van der Waals surface area (Å²) < 4.78 is 0. The Morgan fingerprint density at radius 3 is 2.82 bits per heavy atom. The van der Waals surface area contributed by atoms with E-state index in [1.165, 1.54) is 24.8 Å². The molecule has 1 unspecified atom stereocenters. The molecule has 0 aromatic heterocycles. The molecule has 1 aliphatic carbocycles. The Bertz CT molecular complexity index is 401. The molecule has 1 aromatic carbocycles. The summed E-state index contributed by atoms with van der Waals surface area (Å²) in [5, 5.41) is 4.25. The van der Waals surface area contributed by atoms with Crippen LogP contribution in [0.25, 0.3) is 0 Å². The first-order valence-corrected chi connectivity index (χ1v) is 6.61. The third-order valence-electron chi connectivity index (χ3n) is 3.63. The Morgan fingerprint density at radius 1 is 1.47 bits per heavy atom. The molecular formula is C14H21ClN2. The zero-order chi connectivity index (χ0) is 12.5. The fourth-order valence-electron chi connectivity index (χ4n) is 2.55. The number of nitrogens with two attached hydrogens (primary N) is 1. The first-order valence-electron chi connectivity index (χ1n) is 6.24. The zero-order valence-corrected chi connectivity index (χ0v) is 11.3. The zero-order valence-electron chi connectivity index (χ0n) is 10.6. The second kappa shape index (κ2) is 4.87. The van der Waals surface area contributed by atoms with E-state index in [4.69, 9.17) is 17.3 Å². The lowest BCUT2D eigenvalue weighted by molar-refractivity contribution is 0.364. The maximum Gasteiger partial charge on any atom is 0.0638 e. The van der Waals surface area contributed by atoms with Crippen LogP contribution in [0.3, 0.4) is 0 Å². The molecule has 0 saturated heterocycles. The molecule has 3 N–H and O–H groups in total. The fraction of sp³-hybridized carbons (Fsp3) is 0.571. The minimum absolute atomic E-state index is 0.496. The van der Waals surface area contributed by atoms with E-state index in [1.54, 1.807) is 0 Å². The molecule has 1 fully saturated rings. The van der Waals surface area contributed by atoms with E-state index >= 15 is 0 Å². The standard InChI is InChI=1S/C14H21ClN2/c1-14(2)6-5-11(8-14)17-9-10-3-4-13(16)12(15)7-10/h3-4,7,11,17H,5-6,8-9,16H2,1-2H3. The molecule has 0 radical (unpaired) electrons. The molecule has 94 valence electrons. The molecule has 3 heteroatoms. The van der Waals surface area contributed by atoms with Gasteiger partial charge in [-0.3, -0.25) is 0 Å². The largest absolute Gasteiger partial charge is 0.398 e. The van der Waals surface area contributed by atoms with Gasteiger partial charge in [0.1, 0.15) is 0 Å². The molecule has 2 rings (SSSR count). The minimum atomic E-state index is 0.496. The van der Waals surface area contributed by atoms with E-state index in [0.29, 0.717) is 22.2 Å². The van der Waals surface area contributed by atoms with Crippen LogP contribution >= 0.6 is 11.6 Å². The predicted octanol–water partition coefficient (Wildman–Crippen LogP) is 3.59. The van der Waals surface area contributed by atoms with E-state index in [9.17, 15) is 0 Å². The SMILES string of the molecule is CC1(C)CCC(NCc2ccc(N)c(Cl)c2)C1. The molecular weight excluding hydrogens is 232 g/mol. The van der Waals surface area contributed by atoms with Gasteiger partial charge in [-0.25, -0.2) is 0 Å². The predicted molar refractivity (Wildman–Crippen MR) is 74.1 cm³/mol. The van der Waals surface area contributed by atoms with E-state index in [2.05, 4.69) is 19.2 Å². The highest BCUT2D eigenvalue weighted by atomic mass is 35.5. The van der Waals surface area contributed by atoms with Crippen LogP contribution in [-0.4, -0.2) is 6.04 Å². The highest BCUT2D eigenvalue weighted by Crippen LogP contribution is 2.37. The van der Waals surface area contributed by atoms with E-state index < -0.39 is 0 Å². The molecule has 0 spiro atoms. The Labute approximate surface area is 109 Å². The number of rotatable bonds is 3. The lowest BCUT2D eigenvalue weighted by Gasteiger charge is -2.18. The van der Waals surface area contributed by atoms with Gasteiger partial charge in [-0.05, 0) is 42.4 Å². The van der Waals surface area contributed by atoms with Gasteiger partial charge >= 0.3 is 0 Å². The molecule has 0 aliphatic heterocycles. The number of nitrogens with one attached hydrogen (secondary N) is 1. The summed E-state index contributed by atoms with van der Waals surface area (Å²) in [6, 6.07) is 6.50. The molecule has 0 bridgehead atoms. The number of hydrogen-bond acceptors (Lipinski definition) is 2. The van der Waals surface area contributed by atoms with Crippen LogP contribution in [-0.2, 0) is 6.54 Å². The summed E-state index contributed by atoms with van der Waals surface area (Å²) in [6.45, 7) is 5.56. The van der Waals surface area contributed by atoms with Crippen LogP contribution in [0.4, 0.5) is 5.69 Å². The Balaban J connectivity index is 1.88. The molecule has 0 amide bonds. The quantitative estimate of drug-likeness (QED) is 0.807. The van der Waals surface area contributed by atoms with Gasteiger partial charge in [0, 0.05) is 12.6 Å². The molecule has 0 heterocycles. The van der Waals surface area contributed by atoms with Crippen LogP contribution in [0.1, 0.15) is 38.7 Å². The van der Waals surface area contributed by atoms with Gasteiger partial charge in [0.25, 0.3) is 0 Å². The monoisotopic (exact) mass is 252 g/mol. The third kappa shape index (κ3) is 3.36.